The number of ether oxygens (including phenoxy) is 1. The van der Waals surface area contributed by atoms with Gasteiger partial charge in [-0.3, -0.25) is 25.2 Å². The van der Waals surface area contributed by atoms with E-state index in [2.05, 4.69) is 16.2 Å². The minimum Gasteiger partial charge on any atom is -0.494 e. The van der Waals surface area contributed by atoms with E-state index in [-0.39, 0.29) is 17.2 Å². The number of para-hydroxylation sites is 1. The first-order valence-corrected chi connectivity index (χ1v) is 9.59. The molecule has 0 saturated heterocycles. The van der Waals surface area contributed by atoms with Gasteiger partial charge in [-0.05, 0) is 43.3 Å². The van der Waals surface area contributed by atoms with Crippen LogP contribution in [-0.2, 0) is 9.59 Å². The van der Waals surface area contributed by atoms with Crippen molar-refractivity contribution in [2.24, 2.45) is 0 Å². The molecule has 2 aromatic carbocycles. The number of benzene rings is 2. The molecule has 0 unspecified atom stereocenters. The fourth-order valence-electron chi connectivity index (χ4n) is 2.09. The molecule has 0 aliphatic rings. The van der Waals surface area contributed by atoms with E-state index in [1.165, 1.54) is 18.2 Å². The van der Waals surface area contributed by atoms with E-state index in [4.69, 9.17) is 4.74 Å². The van der Waals surface area contributed by atoms with E-state index in [9.17, 15) is 18.8 Å². The number of thioether (sulfide) groups is 1. The van der Waals surface area contributed by atoms with Gasteiger partial charge in [0.05, 0.1) is 23.8 Å². The average Bonchev–Trinajstić information content (AvgIpc) is 2.69. The van der Waals surface area contributed by atoms with Gasteiger partial charge in [0, 0.05) is 5.56 Å². The Bertz CT molecular complexity index is 830. The van der Waals surface area contributed by atoms with Crippen LogP contribution in [0.4, 0.5) is 10.1 Å². The van der Waals surface area contributed by atoms with Crippen molar-refractivity contribution in [3.8, 4) is 5.75 Å². The molecule has 0 fully saturated rings. The number of carbonyl (C=O) groups excluding carboxylic acids is 3. The molecule has 0 atom stereocenters. The number of anilines is 1. The van der Waals surface area contributed by atoms with Gasteiger partial charge in [-0.1, -0.05) is 12.1 Å². The van der Waals surface area contributed by atoms with E-state index in [1.54, 1.807) is 30.3 Å². The number of carbonyl (C=O) groups is 3. The second kappa shape index (κ2) is 10.9. The molecule has 0 aromatic heterocycles. The Hall–Kier alpha value is -3.07. The Morgan fingerprint density at radius 1 is 0.964 bits per heavy atom. The predicted octanol–water partition coefficient (Wildman–Crippen LogP) is 2.36. The van der Waals surface area contributed by atoms with E-state index in [0.717, 1.165) is 11.8 Å². The zero-order valence-corrected chi connectivity index (χ0v) is 16.0. The lowest BCUT2D eigenvalue weighted by atomic mass is 10.2. The van der Waals surface area contributed by atoms with Crippen molar-refractivity contribution >= 4 is 35.2 Å². The van der Waals surface area contributed by atoms with Gasteiger partial charge in [-0.15, -0.1) is 11.8 Å². The van der Waals surface area contributed by atoms with Crippen LogP contribution in [0.15, 0.2) is 48.5 Å². The molecule has 148 valence electrons. The summed E-state index contributed by atoms with van der Waals surface area (Å²) in [5, 5.41) is 2.42. The minimum atomic E-state index is -0.532. The first-order valence-electron chi connectivity index (χ1n) is 8.43. The van der Waals surface area contributed by atoms with Crippen LogP contribution in [0.5, 0.6) is 5.75 Å². The molecule has 3 N–H and O–H groups in total. The highest BCUT2D eigenvalue weighted by Gasteiger charge is 2.10. The van der Waals surface area contributed by atoms with Crippen LogP contribution in [0.1, 0.15) is 17.3 Å². The van der Waals surface area contributed by atoms with Crippen molar-refractivity contribution in [2.75, 3.05) is 23.4 Å². The molecule has 0 radical (unpaired) electrons. The molecule has 3 amide bonds. The summed E-state index contributed by atoms with van der Waals surface area (Å²) in [6, 6.07) is 12.3. The van der Waals surface area contributed by atoms with Crippen LogP contribution in [0.25, 0.3) is 0 Å². The van der Waals surface area contributed by atoms with E-state index >= 15 is 0 Å². The van der Waals surface area contributed by atoms with Gasteiger partial charge in [0.25, 0.3) is 5.91 Å². The Morgan fingerprint density at radius 3 is 2.32 bits per heavy atom. The third kappa shape index (κ3) is 6.92. The van der Waals surface area contributed by atoms with Crippen LogP contribution in [-0.4, -0.2) is 35.8 Å². The fourth-order valence-corrected chi connectivity index (χ4v) is 2.71. The van der Waals surface area contributed by atoms with Crippen molar-refractivity contribution in [3.63, 3.8) is 0 Å². The van der Waals surface area contributed by atoms with E-state index in [1.807, 2.05) is 6.92 Å². The van der Waals surface area contributed by atoms with Gasteiger partial charge in [0.1, 0.15) is 11.6 Å². The number of halogens is 1. The molecular weight excluding hydrogens is 385 g/mol. The average molecular weight is 405 g/mol. The molecular formula is C19H20FN3O4S. The summed E-state index contributed by atoms with van der Waals surface area (Å²) in [4.78, 5) is 35.5. The number of hydrogen-bond donors (Lipinski definition) is 3. The lowest BCUT2D eigenvalue weighted by Crippen LogP contribution is -2.42. The number of nitrogens with one attached hydrogen (secondary N) is 3. The Kier molecular flexibility index (Phi) is 8.29. The lowest BCUT2D eigenvalue weighted by molar-refractivity contribution is -0.119. The molecule has 0 aliphatic carbocycles. The largest absolute Gasteiger partial charge is 0.494 e. The summed E-state index contributed by atoms with van der Waals surface area (Å²) in [6.07, 6.45) is 0. The number of amides is 3. The van der Waals surface area contributed by atoms with Crippen molar-refractivity contribution < 1.29 is 23.5 Å². The maximum absolute atomic E-state index is 13.4. The summed E-state index contributed by atoms with van der Waals surface area (Å²) < 4.78 is 18.7. The normalized spacial score (nSPS) is 10.1. The highest BCUT2D eigenvalue weighted by molar-refractivity contribution is 8.00. The summed E-state index contributed by atoms with van der Waals surface area (Å²) >= 11 is 1.04. The summed E-state index contributed by atoms with van der Waals surface area (Å²) in [6.45, 7) is 2.38. The Balaban J connectivity index is 1.67. The predicted molar refractivity (Wildman–Crippen MR) is 106 cm³/mol. The number of rotatable bonds is 8. The molecule has 0 bridgehead atoms. The fraction of sp³-hybridized carbons (Fsp3) is 0.211. The van der Waals surface area contributed by atoms with Crippen LogP contribution < -0.4 is 20.9 Å². The third-order valence-corrected chi connectivity index (χ3v) is 4.29. The highest BCUT2D eigenvalue weighted by atomic mass is 32.2. The summed E-state index contributed by atoms with van der Waals surface area (Å²) in [5.41, 5.74) is 5.01. The van der Waals surface area contributed by atoms with E-state index < -0.39 is 23.5 Å². The quantitative estimate of drug-likeness (QED) is 0.586. The number of hydrazine groups is 1. The van der Waals surface area contributed by atoms with Gasteiger partial charge < -0.3 is 10.1 Å². The van der Waals surface area contributed by atoms with Gasteiger partial charge in [-0.2, -0.15) is 0 Å². The molecule has 0 aliphatic heterocycles. The molecule has 0 spiro atoms. The van der Waals surface area contributed by atoms with Gasteiger partial charge in [0.15, 0.2) is 0 Å². The minimum absolute atomic E-state index is 0.0331. The molecule has 2 rings (SSSR count). The maximum atomic E-state index is 13.4. The maximum Gasteiger partial charge on any atom is 0.269 e. The zero-order chi connectivity index (χ0) is 20.4. The summed E-state index contributed by atoms with van der Waals surface area (Å²) in [7, 11) is 0. The van der Waals surface area contributed by atoms with E-state index in [0.29, 0.717) is 17.9 Å². The summed E-state index contributed by atoms with van der Waals surface area (Å²) in [5.74, 6) is -1.34. The third-order valence-electron chi connectivity index (χ3n) is 3.36. The van der Waals surface area contributed by atoms with Crippen LogP contribution >= 0.6 is 11.8 Å². The smallest absolute Gasteiger partial charge is 0.269 e. The first-order chi connectivity index (χ1) is 13.5. The van der Waals surface area contributed by atoms with Crippen LogP contribution in [0.3, 0.4) is 0 Å². The SMILES string of the molecule is CCOc1ccc(C(=O)NNC(=O)CSCC(=O)Nc2ccccc2F)cc1. The van der Waals surface area contributed by atoms with Gasteiger partial charge >= 0.3 is 0 Å². The highest BCUT2D eigenvalue weighted by Crippen LogP contribution is 2.13. The van der Waals surface area contributed by atoms with Crippen molar-refractivity contribution in [1.82, 2.24) is 10.9 Å². The second-order valence-electron chi connectivity index (χ2n) is 5.48. The first kappa shape index (κ1) is 21.2. The lowest BCUT2D eigenvalue weighted by Gasteiger charge is -2.09. The number of hydrogen-bond acceptors (Lipinski definition) is 5. The molecule has 7 nitrogen and oxygen atoms in total. The zero-order valence-electron chi connectivity index (χ0n) is 15.2. The Labute approximate surface area is 166 Å². The molecule has 2 aromatic rings. The van der Waals surface area contributed by atoms with Gasteiger partial charge in [-0.25, -0.2) is 4.39 Å². The molecule has 0 heterocycles. The topological polar surface area (TPSA) is 96.5 Å². The van der Waals surface area contributed by atoms with Crippen LogP contribution in [0, 0.1) is 5.82 Å². The van der Waals surface area contributed by atoms with Crippen LogP contribution in [0.2, 0.25) is 0 Å². The van der Waals surface area contributed by atoms with Crippen molar-refractivity contribution in [3.05, 3.63) is 59.9 Å². The van der Waals surface area contributed by atoms with Gasteiger partial charge in [0.2, 0.25) is 11.8 Å². The molecule has 9 heteroatoms. The van der Waals surface area contributed by atoms with Crippen molar-refractivity contribution in [1.29, 1.82) is 0 Å². The molecule has 0 saturated carbocycles. The monoisotopic (exact) mass is 405 g/mol. The standard InChI is InChI=1S/C19H20FN3O4S/c1-2-27-14-9-7-13(8-10-14)19(26)23-22-18(25)12-28-11-17(24)21-16-6-4-3-5-15(16)20/h3-10H,2,11-12H2,1H3,(H,21,24)(H,22,25)(H,23,26). The Morgan fingerprint density at radius 2 is 1.64 bits per heavy atom. The van der Waals surface area contributed by atoms with Crippen molar-refractivity contribution in [2.45, 2.75) is 6.92 Å². The molecule has 28 heavy (non-hydrogen) atoms. The second-order valence-corrected chi connectivity index (χ2v) is 6.47.